The van der Waals surface area contributed by atoms with Gasteiger partial charge in [0, 0.05) is 10.6 Å². The van der Waals surface area contributed by atoms with Gasteiger partial charge in [-0.15, -0.1) is 0 Å². The molecule has 0 aliphatic rings. The molecule has 2 rings (SSSR count). The number of methoxy groups -OCH3 is 1. The van der Waals surface area contributed by atoms with Crippen molar-refractivity contribution >= 4 is 23.5 Å². The number of allylic oxidation sites excluding steroid dienone is 1. The van der Waals surface area contributed by atoms with E-state index in [4.69, 9.17) is 16.3 Å². The highest BCUT2D eigenvalue weighted by atomic mass is 35.5. The minimum Gasteiger partial charge on any atom is -0.494 e. The van der Waals surface area contributed by atoms with Gasteiger partial charge in [0.05, 0.1) is 7.11 Å². The predicted octanol–water partition coefficient (Wildman–Crippen LogP) is 4.38. The third kappa shape index (κ3) is 3.25. The maximum Gasteiger partial charge on any atom is 0.185 e. The zero-order valence-corrected chi connectivity index (χ0v) is 11.5. The maximum atomic E-state index is 13.5. The lowest BCUT2D eigenvalue weighted by Crippen LogP contribution is -1.97. The van der Waals surface area contributed by atoms with Crippen molar-refractivity contribution in [2.45, 2.75) is 0 Å². The molecule has 0 aliphatic carbocycles. The van der Waals surface area contributed by atoms with E-state index in [1.54, 1.807) is 24.3 Å². The van der Waals surface area contributed by atoms with Crippen LogP contribution in [-0.4, -0.2) is 12.9 Å². The van der Waals surface area contributed by atoms with E-state index < -0.39 is 5.82 Å². The van der Waals surface area contributed by atoms with Gasteiger partial charge < -0.3 is 4.74 Å². The molecule has 0 saturated carbocycles. The van der Waals surface area contributed by atoms with E-state index in [0.29, 0.717) is 5.02 Å². The first-order valence-electron chi connectivity index (χ1n) is 5.92. The highest BCUT2D eigenvalue weighted by Gasteiger charge is 2.07. The smallest absolute Gasteiger partial charge is 0.185 e. The molecule has 0 aromatic heterocycles. The Morgan fingerprint density at radius 1 is 1.25 bits per heavy atom. The second-order valence-corrected chi connectivity index (χ2v) is 4.48. The molecule has 0 bridgehead atoms. The summed E-state index contributed by atoms with van der Waals surface area (Å²) in [6.45, 7) is 0. The average molecular weight is 291 g/mol. The zero-order chi connectivity index (χ0) is 14.5. The van der Waals surface area contributed by atoms with E-state index in [0.717, 1.165) is 11.6 Å². The summed E-state index contributed by atoms with van der Waals surface area (Å²) in [4.78, 5) is 11.9. The lowest BCUT2D eigenvalue weighted by molar-refractivity contribution is 0.104. The van der Waals surface area contributed by atoms with Crippen LogP contribution in [0.2, 0.25) is 5.02 Å². The molecular formula is C16H12ClFO2. The van der Waals surface area contributed by atoms with Gasteiger partial charge in [-0.2, -0.15) is 0 Å². The number of benzene rings is 2. The van der Waals surface area contributed by atoms with Crippen LogP contribution in [0.4, 0.5) is 4.39 Å². The number of rotatable bonds is 4. The van der Waals surface area contributed by atoms with E-state index in [1.807, 2.05) is 6.07 Å². The molecule has 2 aromatic rings. The van der Waals surface area contributed by atoms with Crippen LogP contribution >= 0.6 is 11.6 Å². The van der Waals surface area contributed by atoms with E-state index >= 15 is 0 Å². The monoisotopic (exact) mass is 290 g/mol. The summed E-state index contributed by atoms with van der Waals surface area (Å²) in [7, 11) is 1.37. The summed E-state index contributed by atoms with van der Waals surface area (Å²) in [6, 6.07) is 11.2. The van der Waals surface area contributed by atoms with Crippen LogP contribution in [0.25, 0.3) is 6.08 Å². The molecule has 0 atom stereocenters. The molecule has 0 unspecified atom stereocenters. The number of ketones is 1. The van der Waals surface area contributed by atoms with Gasteiger partial charge in [0.15, 0.2) is 17.3 Å². The number of halogens is 2. The number of hydrogen-bond acceptors (Lipinski definition) is 2. The summed E-state index contributed by atoms with van der Waals surface area (Å²) in [5, 5.41) is 0.553. The molecule has 2 nitrogen and oxygen atoms in total. The second kappa shape index (κ2) is 6.35. The zero-order valence-electron chi connectivity index (χ0n) is 10.8. The molecule has 0 amide bonds. The van der Waals surface area contributed by atoms with Gasteiger partial charge in [0.1, 0.15) is 0 Å². The van der Waals surface area contributed by atoms with Gasteiger partial charge in [-0.25, -0.2) is 4.39 Å². The van der Waals surface area contributed by atoms with Crippen molar-refractivity contribution in [3.05, 3.63) is 70.5 Å². The van der Waals surface area contributed by atoms with E-state index in [-0.39, 0.29) is 17.1 Å². The van der Waals surface area contributed by atoms with Gasteiger partial charge in [0.2, 0.25) is 0 Å². The van der Waals surface area contributed by atoms with E-state index in [2.05, 4.69) is 0 Å². The minimum absolute atomic E-state index is 0.108. The highest BCUT2D eigenvalue weighted by Crippen LogP contribution is 2.19. The van der Waals surface area contributed by atoms with Crippen LogP contribution in [0.1, 0.15) is 15.9 Å². The van der Waals surface area contributed by atoms with Gasteiger partial charge >= 0.3 is 0 Å². The Bertz CT molecular complexity index is 665. The first-order chi connectivity index (χ1) is 9.61. The summed E-state index contributed by atoms with van der Waals surface area (Å²) in [5.41, 5.74) is 0.989. The molecule has 0 N–H and O–H groups in total. The Hall–Kier alpha value is -2.13. The Morgan fingerprint density at radius 3 is 2.65 bits per heavy atom. The molecule has 20 heavy (non-hydrogen) atoms. The lowest BCUT2D eigenvalue weighted by atomic mass is 10.1. The minimum atomic E-state index is -0.565. The highest BCUT2D eigenvalue weighted by molar-refractivity contribution is 6.32. The van der Waals surface area contributed by atoms with Crippen molar-refractivity contribution in [3.8, 4) is 5.75 Å². The fourth-order valence-corrected chi connectivity index (χ4v) is 1.89. The van der Waals surface area contributed by atoms with Crippen LogP contribution in [0.5, 0.6) is 5.75 Å². The molecule has 0 spiro atoms. The third-order valence-corrected chi connectivity index (χ3v) is 3.10. The molecule has 0 saturated heterocycles. The normalized spacial score (nSPS) is 10.8. The SMILES string of the molecule is COc1ccc(C(=O)C=Cc2ccccc2Cl)cc1F. The predicted molar refractivity (Wildman–Crippen MR) is 77.8 cm³/mol. The third-order valence-electron chi connectivity index (χ3n) is 2.76. The van der Waals surface area contributed by atoms with Crippen LogP contribution in [0.3, 0.4) is 0 Å². The van der Waals surface area contributed by atoms with Crippen LogP contribution < -0.4 is 4.74 Å². The van der Waals surface area contributed by atoms with Gasteiger partial charge in [0.25, 0.3) is 0 Å². The lowest BCUT2D eigenvalue weighted by Gasteiger charge is -2.02. The summed E-state index contributed by atoms with van der Waals surface area (Å²) < 4.78 is 18.3. The van der Waals surface area contributed by atoms with Crippen molar-refractivity contribution in [3.63, 3.8) is 0 Å². The molecular weight excluding hydrogens is 279 g/mol. The second-order valence-electron chi connectivity index (χ2n) is 4.07. The first-order valence-corrected chi connectivity index (χ1v) is 6.30. The Kier molecular flexibility index (Phi) is 4.53. The van der Waals surface area contributed by atoms with Gasteiger partial charge in [-0.3, -0.25) is 4.79 Å². The molecule has 102 valence electrons. The largest absolute Gasteiger partial charge is 0.494 e. The summed E-state index contributed by atoms with van der Waals surface area (Å²) in [5.74, 6) is -0.757. The Morgan fingerprint density at radius 2 is 2.00 bits per heavy atom. The summed E-state index contributed by atoms with van der Waals surface area (Å²) >= 11 is 5.98. The average Bonchev–Trinajstić information content (AvgIpc) is 2.46. The van der Waals surface area contributed by atoms with Crippen molar-refractivity contribution in [2.75, 3.05) is 7.11 Å². The van der Waals surface area contributed by atoms with Crippen LogP contribution in [0.15, 0.2) is 48.5 Å². The molecule has 4 heteroatoms. The van der Waals surface area contributed by atoms with Crippen molar-refractivity contribution in [1.29, 1.82) is 0 Å². The fraction of sp³-hybridized carbons (Fsp3) is 0.0625. The molecule has 2 aromatic carbocycles. The summed E-state index contributed by atoms with van der Waals surface area (Å²) in [6.07, 6.45) is 2.97. The van der Waals surface area contributed by atoms with Crippen LogP contribution in [-0.2, 0) is 0 Å². The molecule has 0 heterocycles. The fourth-order valence-electron chi connectivity index (χ4n) is 1.69. The van der Waals surface area contributed by atoms with E-state index in [9.17, 15) is 9.18 Å². The number of ether oxygens (including phenoxy) is 1. The topological polar surface area (TPSA) is 26.3 Å². The number of carbonyl (C=O) groups is 1. The first kappa shape index (κ1) is 14.3. The van der Waals surface area contributed by atoms with Gasteiger partial charge in [-0.05, 0) is 42.0 Å². The van der Waals surface area contributed by atoms with Gasteiger partial charge in [-0.1, -0.05) is 29.8 Å². The maximum absolute atomic E-state index is 13.5. The van der Waals surface area contributed by atoms with E-state index in [1.165, 1.54) is 25.3 Å². The number of hydrogen-bond donors (Lipinski definition) is 0. The Balaban J connectivity index is 2.20. The Labute approximate surface area is 121 Å². The quantitative estimate of drug-likeness (QED) is 0.617. The van der Waals surface area contributed by atoms with Crippen LogP contribution in [0, 0.1) is 5.82 Å². The molecule has 0 fully saturated rings. The number of carbonyl (C=O) groups excluding carboxylic acids is 1. The van der Waals surface area contributed by atoms with Crippen molar-refractivity contribution < 1.29 is 13.9 Å². The standard InChI is InChI=1S/C16H12ClFO2/c1-20-16-9-7-12(10-14(16)18)15(19)8-6-11-4-2-3-5-13(11)17/h2-10H,1H3. The molecule has 0 radical (unpaired) electrons. The van der Waals surface area contributed by atoms with Crippen molar-refractivity contribution in [1.82, 2.24) is 0 Å². The molecule has 0 aliphatic heterocycles. The van der Waals surface area contributed by atoms with Crippen molar-refractivity contribution in [2.24, 2.45) is 0 Å².